The fraction of sp³-hybridized carbons (Fsp3) is 0. The van der Waals surface area contributed by atoms with Crippen molar-refractivity contribution in [3.8, 4) is 0 Å². The molecule has 1 rings (SSSR count). The highest BCUT2D eigenvalue weighted by atomic mass is 35.5. The van der Waals surface area contributed by atoms with E-state index in [1.807, 2.05) is 0 Å². The molecule has 6 nitrogen and oxygen atoms in total. The van der Waals surface area contributed by atoms with Gasteiger partial charge in [-0.3, -0.25) is 14.9 Å². The van der Waals surface area contributed by atoms with Gasteiger partial charge in [0, 0.05) is 0 Å². The van der Waals surface area contributed by atoms with Crippen LogP contribution in [0.1, 0.15) is 0 Å². The van der Waals surface area contributed by atoms with Crippen LogP contribution in [0.2, 0.25) is 15.1 Å². The molecule has 0 saturated heterocycles. The molecule has 0 fully saturated rings. The Morgan fingerprint density at radius 2 is 1.50 bits per heavy atom. The number of hydrazine groups is 1. The van der Waals surface area contributed by atoms with Crippen molar-refractivity contribution in [1.29, 1.82) is 0 Å². The van der Waals surface area contributed by atoms with Crippen molar-refractivity contribution in [1.82, 2.24) is 0 Å². The lowest BCUT2D eigenvalue weighted by molar-refractivity contribution is 0.381. The first-order valence-corrected chi connectivity index (χ1v) is 6.00. The number of halogens is 3. The van der Waals surface area contributed by atoms with E-state index in [-0.39, 0.29) is 0 Å². The van der Waals surface area contributed by atoms with Gasteiger partial charge in [0.15, 0.2) is 0 Å². The second kappa shape index (κ2) is 6.45. The van der Waals surface area contributed by atoms with Gasteiger partial charge in [-0.05, 0) is 12.1 Å². The Kier molecular flexibility index (Phi) is 6.34. The zero-order chi connectivity index (χ0) is 12.9. The number of rotatable bonds is 1. The molecule has 0 radical (unpaired) electrons. The molecule has 0 spiro atoms. The third-order valence-electron chi connectivity index (χ3n) is 1.19. The lowest BCUT2D eigenvalue weighted by Gasteiger charge is -2.05. The maximum absolute atomic E-state index is 8.74. The molecule has 16 heavy (non-hydrogen) atoms. The molecular weight excluding hydrogens is 303 g/mol. The van der Waals surface area contributed by atoms with Crippen LogP contribution in [0.4, 0.5) is 5.69 Å². The van der Waals surface area contributed by atoms with Gasteiger partial charge in [0.2, 0.25) is 0 Å². The first-order chi connectivity index (χ1) is 7.16. The molecule has 10 heteroatoms. The van der Waals surface area contributed by atoms with Crippen LogP contribution in [0.5, 0.6) is 0 Å². The van der Waals surface area contributed by atoms with Gasteiger partial charge in [-0.2, -0.15) is 8.42 Å². The highest BCUT2D eigenvalue weighted by molar-refractivity contribution is 7.79. The molecule has 0 aliphatic heterocycles. The van der Waals surface area contributed by atoms with E-state index >= 15 is 0 Å². The second-order valence-electron chi connectivity index (χ2n) is 2.31. The predicted octanol–water partition coefficient (Wildman–Crippen LogP) is 2.28. The molecule has 5 N–H and O–H groups in total. The van der Waals surface area contributed by atoms with E-state index < -0.39 is 10.4 Å². The molecule has 0 unspecified atom stereocenters. The molecule has 0 bridgehead atoms. The average molecular weight is 310 g/mol. The molecule has 0 aliphatic rings. The van der Waals surface area contributed by atoms with Crippen molar-refractivity contribution >= 4 is 50.9 Å². The molecule has 0 heterocycles. The number of nitrogens with one attached hydrogen (secondary N) is 1. The van der Waals surface area contributed by atoms with Gasteiger partial charge in [0.1, 0.15) is 0 Å². The van der Waals surface area contributed by atoms with E-state index in [2.05, 4.69) is 5.43 Å². The molecule has 1 aromatic carbocycles. The summed E-state index contributed by atoms with van der Waals surface area (Å²) in [5, 5.41) is 1.20. The van der Waals surface area contributed by atoms with Crippen molar-refractivity contribution in [2.24, 2.45) is 5.84 Å². The topological polar surface area (TPSA) is 113 Å². The number of benzene rings is 1. The van der Waals surface area contributed by atoms with Crippen LogP contribution in [0.15, 0.2) is 12.1 Å². The van der Waals surface area contributed by atoms with Crippen molar-refractivity contribution in [3.05, 3.63) is 27.2 Å². The average Bonchev–Trinajstić information content (AvgIpc) is 2.10. The molecule has 0 aromatic heterocycles. The van der Waals surface area contributed by atoms with Gasteiger partial charge in [-0.1, -0.05) is 34.8 Å². The van der Waals surface area contributed by atoms with Gasteiger partial charge in [-0.15, -0.1) is 0 Å². The van der Waals surface area contributed by atoms with Crippen molar-refractivity contribution in [3.63, 3.8) is 0 Å². The van der Waals surface area contributed by atoms with Gasteiger partial charge in [0.25, 0.3) is 0 Å². The Morgan fingerprint density at radius 3 is 1.81 bits per heavy atom. The minimum Gasteiger partial charge on any atom is -0.321 e. The van der Waals surface area contributed by atoms with Gasteiger partial charge in [0.05, 0.1) is 20.8 Å². The van der Waals surface area contributed by atoms with Gasteiger partial charge in [-0.25, -0.2) is 0 Å². The molecule has 0 aliphatic carbocycles. The van der Waals surface area contributed by atoms with E-state index in [1.165, 1.54) is 0 Å². The SMILES string of the molecule is NNc1c(Cl)ccc(Cl)c1Cl.O=S(=O)(O)O. The Hall–Kier alpha value is -0.280. The van der Waals surface area contributed by atoms with Crippen LogP contribution in [-0.2, 0) is 10.4 Å². The zero-order valence-corrected chi connectivity index (χ0v) is 10.6. The highest BCUT2D eigenvalue weighted by Crippen LogP contribution is 2.34. The smallest absolute Gasteiger partial charge is 0.321 e. The zero-order valence-electron chi connectivity index (χ0n) is 7.49. The molecule has 0 atom stereocenters. The van der Waals surface area contributed by atoms with Gasteiger partial charge >= 0.3 is 10.4 Å². The fourth-order valence-corrected chi connectivity index (χ4v) is 1.30. The summed E-state index contributed by atoms with van der Waals surface area (Å²) in [6, 6.07) is 3.22. The van der Waals surface area contributed by atoms with Crippen molar-refractivity contribution in [2.75, 3.05) is 5.43 Å². The van der Waals surface area contributed by atoms with Crippen LogP contribution >= 0.6 is 34.8 Å². The third kappa shape index (κ3) is 6.33. The number of anilines is 1. The van der Waals surface area contributed by atoms with Crippen molar-refractivity contribution < 1.29 is 17.5 Å². The van der Waals surface area contributed by atoms with Gasteiger partial charge < -0.3 is 5.43 Å². The summed E-state index contributed by atoms with van der Waals surface area (Å²) in [4.78, 5) is 0. The summed E-state index contributed by atoms with van der Waals surface area (Å²) in [5.74, 6) is 5.14. The molecule has 0 saturated carbocycles. The summed E-state index contributed by atoms with van der Waals surface area (Å²) in [5.41, 5.74) is 2.80. The Balaban J connectivity index is 0.000000385. The van der Waals surface area contributed by atoms with Crippen LogP contribution in [0.25, 0.3) is 0 Å². The molecule has 92 valence electrons. The summed E-state index contributed by atoms with van der Waals surface area (Å²) < 4.78 is 31.6. The lowest BCUT2D eigenvalue weighted by atomic mass is 10.3. The standard InChI is InChI=1S/C6H5Cl3N2.H2O4S/c7-3-1-2-4(8)6(11-10)5(3)9;1-5(2,3)4/h1-2,11H,10H2;(H2,1,2,3,4). The molecule has 1 aromatic rings. The van der Waals surface area contributed by atoms with E-state index in [0.717, 1.165) is 0 Å². The Labute approximate surface area is 107 Å². The summed E-state index contributed by atoms with van der Waals surface area (Å²) >= 11 is 17.1. The predicted molar refractivity (Wildman–Crippen MR) is 63.5 cm³/mol. The summed E-state index contributed by atoms with van der Waals surface area (Å²) in [7, 11) is -4.67. The maximum atomic E-state index is 8.74. The minimum absolute atomic E-state index is 0.335. The number of nitrogen functional groups attached to an aromatic ring is 1. The van der Waals surface area contributed by atoms with E-state index in [4.69, 9.17) is 58.2 Å². The molecular formula is C6H7Cl3N2O4S. The Morgan fingerprint density at radius 1 is 1.12 bits per heavy atom. The second-order valence-corrected chi connectivity index (χ2v) is 4.40. The normalized spacial score (nSPS) is 10.4. The molecule has 0 amide bonds. The fourth-order valence-electron chi connectivity index (χ4n) is 0.659. The maximum Gasteiger partial charge on any atom is 0.394 e. The first-order valence-electron chi connectivity index (χ1n) is 3.46. The number of hydrogen-bond acceptors (Lipinski definition) is 4. The van der Waals surface area contributed by atoms with Crippen LogP contribution < -0.4 is 11.3 Å². The third-order valence-corrected chi connectivity index (χ3v) is 2.31. The summed E-state index contributed by atoms with van der Waals surface area (Å²) in [6.07, 6.45) is 0. The lowest BCUT2D eigenvalue weighted by Crippen LogP contribution is -2.07. The van der Waals surface area contributed by atoms with E-state index in [0.29, 0.717) is 20.8 Å². The largest absolute Gasteiger partial charge is 0.394 e. The number of hydrogen-bond donors (Lipinski definition) is 4. The summed E-state index contributed by atoms with van der Waals surface area (Å²) in [6.45, 7) is 0. The van der Waals surface area contributed by atoms with E-state index in [1.54, 1.807) is 12.1 Å². The van der Waals surface area contributed by atoms with Crippen molar-refractivity contribution in [2.45, 2.75) is 0 Å². The monoisotopic (exact) mass is 308 g/mol. The Bertz CT molecular complexity index is 457. The van der Waals surface area contributed by atoms with Crippen LogP contribution in [-0.4, -0.2) is 17.5 Å². The van der Waals surface area contributed by atoms with Crippen LogP contribution in [0, 0.1) is 0 Å². The highest BCUT2D eigenvalue weighted by Gasteiger charge is 2.06. The first kappa shape index (κ1) is 15.7. The minimum atomic E-state index is -4.67. The van der Waals surface area contributed by atoms with Crippen LogP contribution in [0.3, 0.4) is 0 Å². The quantitative estimate of drug-likeness (QED) is 0.274. The van der Waals surface area contributed by atoms with E-state index in [9.17, 15) is 0 Å². The number of nitrogens with two attached hydrogens (primary N) is 1.